The number of halogens is 4. The molecule has 0 spiro atoms. The molecule has 21 heavy (non-hydrogen) atoms. The first kappa shape index (κ1) is 14.4. The van der Waals surface area contributed by atoms with Crippen molar-refractivity contribution >= 4 is 11.4 Å². The van der Waals surface area contributed by atoms with E-state index in [-0.39, 0.29) is 30.0 Å². The number of hydrogen-bond donors (Lipinski definition) is 2. The molecule has 7 heteroatoms. The second-order valence-corrected chi connectivity index (χ2v) is 5.73. The molecule has 1 heterocycles. The molecule has 1 saturated heterocycles. The van der Waals surface area contributed by atoms with Crippen LogP contribution in [0.4, 0.5) is 28.9 Å². The van der Waals surface area contributed by atoms with Gasteiger partial charge in [-0.3, -0.25) is 0 Å². The molecule has 3 N–H and O–H groups in total. The number of rotatable bonds is 3. The number of nitrogens with two attached hydrogens (primary N) is 1. The fourth-order valence-electron chi connectivity index (χ4n) is 2.72. The van der Waals surface area contributed by atoms with E-state index in [1.807, 2.05) is 0 Å². The zero-order valence-electron chi connectivity index (χ0n) is 11.4. The number of anilines is 2. The SMILES string of the molecule is NC1CCN(c2c(F)ccc(NC3CC3)c2C(F)(F)F)C1. The molecular weight excluding hydrogens is 286 g/mol. The first-order valence-electron chi connectivity index (χ1n) is 7.03. The molecule has 1 saturated carbocycles. The average molecular weight is 303 g/mol. The van der Waals surface area contributed by atoms with Crippen LogP contribution in [0.15, 0.2) is 12.1 Å². The second kappa shape index (κ2) is 5.05. The highest BCUT2D eigenvalue weighted by molar-refractivity contribution is 5.69. The molecule has 0 bridgehead atoms. The lowest BCUT2D eigenvalue weighted by Gasteiger charge is -2.26. The third-order valence-electron chi connectivity index (χ3n) is 3.89. The van der Waals surface area contributed by atoms with Crippen LogP contribution in [0, 0.1) is 5.82 Å². The van der Waals surface area contributed by atoms with E-state index >= 15 is 0 Å². The zero-order chi connectivity index (χ0) is 15.2. The lowest BCUT2D eigenvalue weighted by Crippen LogP contribution is -2.29. The maximum atomic E-state index is 14.1. The van der Waals surface area contributed by atoms with Crippen LogP contribution in [0.25, 0.3) is 0 Å². The fourth-order valence-corrected chi connectivity index (χ4v) is 2.72. The Morgan fingerprint density at radius 1 is 1.19 bits per heavy atom. The number of nitrogens with one attached hydrogen (secondary N) is 1. The summed E-state index contributed by atoms with van der Waals surface area (Å²) in [7, 11) is 0. The molecule has 1 atom stereocenters. The quantitative estimate of drug-likeness (QED) is 0.844. The summed E-state index contributed by atoms with van der Waals surface area (Å²) in [5, 5.41) is 2.85. The molecule has 2 aliphatic rings. The molecule has 1 aromatic rings. The number of nitrogens with zero attached hydrogens (tertiary/aromatic N) is 1. The predicted octanol–water partition coefficient (Wildman–Crippen LogP) is 2.96. The Labute approximate surface area is 120 Å². The molecule has 1 aliphatic heterocycles. The molecule has 0 amide bonds. The zero-order valence-corrected chi connectivity index (χ0v) is 11.4. The maximum Gasteiger partial charge on any atom is 0.420 e. The maximum absolute atomic E-state index is 14.1. The first-order chi connectivity index (χ1) is 9.86. The van der Waals surface area contributed by atoms with Crippen molar-refractivity contribution in [2.75, 3.05) is 23.3 Å². The van der Waals surface area contributed by atoms with E-state index in [1.54, 1.807) is 0 Å². The van der Waals surface area contributed by atoms with Crippen LogP contribution in [-0.4, -0.2) is 25.2 Å². The van der Waals surface area contributed by atoms with E-state index in [0.29, 0.717) is 13.0 Å². The minimum absolute atomic E-state index is 0.0399. The van der Waals surface area contributed by atoms with Gasteiger partial charge in [0.15, 0.2) is 0 Å². The van der Waals surface area contributed by atoms with E-state index in [0.717, 1.165) is 18.9 Å². The normalized spacial score (nSPS) is 22.7. The Bertz CT molecular complexity index is 540. The summed E-state index contributed by atoms with van der Waals surface area (Å²) in [6.45, 7) is 0.584. The highest BCUT2D eigenvalue weighted by Gasteiger charge is 2.41. The van der Waals surface area contributed by atoms with Crippen LogP contribution in [0.1, 0.15) is 24.8 Å². The summed E-state index contributed by atoms with van der Waals surface area (Å²) >= 11 is 0. The van der Waals surface area contributed by atoms with Crippen molar-refractivity contribution in [3.8, 4) is 0 Å². The average Bonchev–Trinajstić information content (AvgIpc) is 3.10. The molecule has 116 valence electrons. The predicted molar refractivity (Wildman–Crippen MR) is 72.9 cm³/mol. The smallest absolute Gasteiger partial charge is 0.382 e. The molecule has 0 aromatic heterocycles. The number of alkyl halides is 3. The van der Waals surface area contributed by atoms with Gasteiger partial charge in [0, 0.05) is 30.9 Å². The highest BCUT2D eigenvalue weighted by Crippen LogP contribution is 2.44. The van der Waals surface area contributed by atoms with Crippen LogP contribution >= 0.6 is 0 Å². The van der Waals surface area contributed by atoms with Crippen molar-refractivity contribution in [3.05, 3.63) is 23.5 Å². The summed E-state index contributed by atoms with van der Waals surface area (Å²) in [6, 6.07) is 2.12. The van der Waals surface area contributed by atoms with Crippen molar-refractivity contribution in [2.24, 2.45) is 5.73 Å². The third kappa shape index (κ3) is 2.92. The minimum Gasteiger partial charge on any atom is -0.382 e. The largest absolute Gasteiger partial charge is 0.420 e. The minimum atomic E-state index is -4.61. The van der Waals surface area contributed by atoms with Crippen LogP contribution in [0.3, 0.4) is 0 Å². The summed E-state index contributed by atoms with van der Waals surface area (Å²) in [6.07, 6.45) is -2.35. The van der Waals surface area contributed by atoms with E-state index in [2.05, 4.69) is 5.32 Å². The Balaban J connectivity index is 2.06. The van der Waals surface area contributed by atoms with Gasteiger partial charge in [0.25, 0.3) is 0 Å². The van der Waals surface area contributed by atoms with Gasteiger partial charge in [-0.05, 0) is 31.4 Å². The lowest BCUT2D eigenvalue weighted by atomic mass is 10.1. The van der Waals surface area contributed by atoms with Gasteiger partial charge in [-0.1, -0.05) is 0 Å². The van der Waals surface area contributed by atoms with Crippen molar-refractivity contribution in [1.29, 1.82) is 0 Å². The van der Waals surface area contributed by atoms with Gasteiger partial charge in [0.05, 0.1) is 5.69 Å². The molecule has 2 fully saturated rings. The Kier molecular flexibility index (Phi) is 3.47. The molecule has 1 aliphatic carbocycles. The van der Waals surface area contributed by atoms with Crippen LogP contribution in [0.5, 0.6) is 0 Å². The molecule has 3 rings (SSSR count). The van der Waals surface area contributed by atoms with Gasteiger partial charge in [-0.2, -0.15) is 13.2 Å². The van der Waals surface area contributed by atoms with Gasteiger partial charge in [-0.15, -0.1) is 0 Å². The van der Waals surface area contributed by atoms with Crippen LogP contribution in [0.2, 0.25) is 0 Å². The van der Waals surface area contributed by atoms with Gasteiger partial charge < -0.3 is 16.0 Å². The molecule has 1 aromatic carbocycles. The van der Waals surface area contributed by atoms with E-state index < -0.39 is 17.6 Å². The van der Waals surface area contributed by atoms with Crippen LogP contribution in [-0.2, 0) is 6.18 Å². The van der Waals surface area contributed by atoms with Crippen molar-refractivity contribution in [1.82, 2.24) is 0 Å². The van der Waals surface area contributed by atoms with E-state index in [4.69, 9.17) is 5.73 Å². The number of benzene rings is 1. The highest BCUT2D eigenvalue weighted by atomic mass is 19.4. The first-order valence-corrected chi connectivity index (χ1v) is 7.03. The molecule has 3 nitrogen and oxygen atoms in total. The Morgan fingerprint density at radius 2 is 1.90 bits per heavy atom. The third-order valence-corrected chi connectivity index (χ3v) is 3.89. The molecule has 0 radical (unpaired) electrons. The second-order valence-electron chi connectivity index (χ2n) is 5.73. The standard InChI is InChI=1S/C14H17F4N3/c15-10-3-4-11(20-9-1-2-9)12(14(16,17)18)13(10)21-6-5-8(19)7-21/h3-4,8-9,20H,1-2,5-7,19H2. The van der Waals surface area contributed by atoms with Crippen molar-refractivity contribution in [3.63, 3.8) is 0 Å². The van der Waals surface area contributed by atoms with Crippen molar-refractivity contribution < 1.29 is 17.6 Å². The summed E-state index contributed by atoms with van der Waals surface area (Å²) < 4.78 is 54.4. The van der Waals surface area contributed by atoms with Gasteiger partial charge in [0.2, 0.25) is 0 Å². The summed E-state index contributed by atoms with van der Waals surface area (Å²) in [5.41, 5.74) is 4.41. The Morgan fingerprint density at radius 3 is 2.43 bits per heavy atom. The summed E-state index contributed by atoms with van der Waals surface area (Å²) in [5.74, 6) is -0.849. The van der Waals surface area contributed by atoms with E-state index in [1.165, 1.54) is 11.0 Å². The van der Waals surface area contributed by atoms with Crippen molar-refractivity contribution in [2.45, 2.75) is 37.5 Å². The monoisotopic (exact) mass is 303 g/mol. The fraction of sp³-hybridized carbons (Fsp3) is 0.571. The lowest BCUT2D eigenvalue weighted by molar-refractivity contribution is -0.136. The number of hydrogen-bond acceptors (Lipinski definition) is 3. The Hall–Kier alpha value is -1.50. The van der Waals surface area contributed by atoms with Gasteiger partial charge >= 0.3 is 6.18 Å². The van der Waals surface area contributed by atoms with E-state index in [9.17, 15) is 17.6 Å². The van der Waals surface area contributed by atoms with Crippen LogP contribution < -0.4 is 16.0 Å². The molecule has 1 unspecified atom stereocenters. The van der Waals surface area contributed by atoms with Gasteiger partial charge in [-0.25, -0.2) is 4.39 Å². The molecular formula is C14H17F4N3. The summed E-state index contributed by atoms with van der Waals surface area (Å²) in [4.78, 5) is 1.40. The van der Waals surface area contributed by atoms with Gasteiger partial charge in [0.1, 0.15) is 11.4 Å². The topological polar surface area (TPSA) is 41.3 Å².